The second-order valence-electron chi connectivity index (χ2n) is 9.86. The molecule has 1 aliphatic heterocycles. The van der Waals surface area contributed by atoms with Gasteiger partial charge in [-0.05, 0) is 68.0 Å². The molecule has 2 amide bonds. The van der Waals surface area contributed by atoms with Crippen LogP contribution in [-0.2, 0) is 19.4 Å². The highest BCUT2D eigenvalue weighted by Gasteiger charge is 2.36. The van der Waals surface area contributed by atoms with E-state index in [-0.39, 0.29) is 12.1 Å². The normalized spacial score (nSPS) is 16.0. The summed E-state index contributed by atoms with van der Waals surface area (Å²) in [4.78, 5) is 17.6. The number of anilines is 1. The van der Waals surface area contributed by atoms with Gasteiger partial charge in [0.2, 0.25) is 0 Å². The number of methoxy groups -OCH3 is 2. The molecule has 4 aromatic rings. The third kappa shape index (κ3) is 4.74. The minimum atomic E-state index is -0.290. The van der Waals surface area contributed by atoms with E-state index in [9.17, 15) is 4.79 Å². The molecule has 0 saturated heterocycles. The second-order valence-corrected chi connectivity index (χ2v) is 10.9. The van der Waals surface area contributed by atoms with E-state index in [4.69, 9.17) is 14.2 Å². The van der Waals surface area contributed by atoms with E-state index < -0.39 is 0 Å². The number of amides is 2. The smallest absolute Gasteiger partial charge is 0.322 e. The van der Waals surface area contributed by atoms with Gasteiger partial charge in [-0.25, -0.2) is 4.79 Å². The molecule has 2 aliphatic rings. The summed E-state index contributed by atoms with van der Waals surface area (Å²) in [5, 5.41) is 4.38. The summed E-state index contributed by atoms with van der Waals surface area (Å²) in [6.45, 7) is 3.11. The van der Waals surface area contributed by atoms with Crippen LogP contribution in [0.4, 0.5) is 10.5 Å². The van der Waals surface area contributed by atoms with E-state index in [1.165, 1.54) is 33.8 Å². The number of ether oxygens (including phenoxy) is 3. The number of aryl methyl sites for hydroxylation is 1. The molecule has 39 heavy (non-hydrogen) atoms. The van der Waals surface area contributed by atoms with E-state index in [0.717, 1.165) is 29.8 Å². The Balaban J connectivity index is 1.45. The molecule has 1 aliphatic carbocycles. The first kappa shape index (κ1) is 25.4. The molecular formula is C31H33N3O4S. The van der Waals surface area contributed by atoms with E-state index in [0.29, 0.717) is 30.3 Å². The first-order chi connectivity index (χ1) is 19.1. The van der Waals surface area contributed by atoms with Gasteiger partial charge in [-0.15, -0.1) is 11.3 Å². The zero-order valence-electron chi connectivity index (χ0n) is 22.5. The zero-order chi connectivity index (χ0) is 26.9. The lowest BCUT2D eigenvalue weighted by atomic mass is 9.95. The number of nitrogens with zero attached hydrogens (tertiary/aromatic N) is 2. The maximum Gasteiger partial charge on any atom is 0.322 e. The number of hydrogen-bond donors (Lipinski definition) is 1. The maximum atomic E-state index is 14.2. The lowest BCUT2D eigenvalue weighted by Gasteiger charge is -2.31. The predicted octanol–water partition coefficient (Wildman–Crippen LogP) is 6.97. The van der Waals surface area contributed by atoms with Gasteiger partial charge in [0.05, 0.1) is 39.1 Å². The lowest BCUT2D eigenvalue weighted by molar-refractivity contribution is 0.194. The van der Waals surface area contributed by atoms with Crippen molar-refractivity contribution in [2.24, 2.45) is 0 Å². The molecule has 3 heterocycles. The Hall–Kier alpha value is -3.91. The molecule has 8 heteroatoms. The molecule has 6 rings (SSSR count). The first-order valence-electron chi connectivity index (χ1n) is 13.4. The average Bonchev–Trinajstić information content (AvgIpc) is 3.55. The Morgan fingerprint density at radius 3 is 2.44 bits per heavy atom. The van der Waals surface area contributed by atoms with Crippen molar-refractivity contribution in [2.45, 2.75) is 45.2 Å². The summed E-state index contributed by atoms with van der Waals surface area (Å²) >= 11 is 1.88. The van der Waals surface area contributed by atoms with Crippen molar-refractivity contribution in [3.63, 3.8) is 0 Å². The van der Waals surface area contributed by atoms with Crippen LogP contribution in [0.2, 0.25) is 0 Å². The molecule has 0 radical (unpaired) electrons. The van der Waals surface area contributed by atoms with Crippen molar-refractivity contribution < 1.29 is 19.0 Å². The van der Waals surface area contributed by atoms with Crippen molar-refractivity contribution in [2.75, 3.05) is 26.1 Å². The standard InChI is InChI=1S/C31H33N3O4S/c1-4-38-22-13-11-20(12-14-22)29-27-9-7-15-33(27)30-26(25-8-5-6-10-28(25)39-30)19-34(29)31(35)32-21-16-23(36-2)18-24(17-21)37-3/h7,9,11-18,29H,4-6,8,10,19H2,1-3H3,(H,32,35)/t29-/m0/s1. The molecule has 202 valence electrons. The van der Waals surface area contributed by atoms with Crippen molar-refractivity contribution in [1.82, 2.24) is 9.47 Å². The lowest BCUT2D eigenvalue weighted by Crippen LogP contribution is -2.38. The van der Waals surface area contributed by atoms with Gasteiger partial charge in [-0.1, -0.05) is 12.1 Å². The van der Waals surface area contributed by atoms with Crippen LogP contribution in [0.3, 0.4) is 0 Å². The average molecular weight is 544 g/mol. The van der Waals surface area contributed by atoms with E-state index >= 15 is 0 Å². The van der Waals surface area contributed by atoms with E-state index in [1.54, 1.807) is 20.3 Å². The number of benzene rings is 2. The number of hydrogen-bond acceptors (Lipinski definition) is 5. The fourth-order valence-corrected chi connectivity index (χ4v) is 7.13. The van der Waals surface area contributed by atoms with Crippen LogP contribution in [0.5, 0.6) is 17.2 Å². The molecule has 2 aromatic heterocycles. The van der Waals surface area contributed by atoms with Crippen molar-refractivity contribution in [3.8, 4) is 22.2 Å². The summed E-state index contributed by atoms with van der Waals surface area (Å²) in [5.74, 6) is 2.05. The van der Waals surface area contributed by atoms with Crippen LogP contribution in [0, 0.1) is 0 Å². The minimum absolute atomic E-state index is 0.180. The quantitative estimate of drug-likeness (QED) is 0.285. The first-order valence-corrected chi connectivity index (χ1v) is 14.3. The fourth-order valence-electron chi connectivity index (χ4n) is 5.73. The fraction of sp³-hybridized carbons (Fsp3) is 0.323. The Bertz CT molecular complexity index is 1470. The molecule has 0 bridgehead atoms. The molecule has 1 N–H and O–H groups in total. The molecule has 0 unspecified atom stereocenters. The van der Waals surface area contributed by atoms with Gasteiger partial charge in [0.15, 0.2) is 0 Å². The molecule has 0 spiro atoms. The Morgan fingerprint density at radius 2 is 1.72 bits per heavy atom. The highest BCUT2D eigenvalue weighted by Crippen LogP contribution is 2.44. The van der Waals surface area contributed by atoms with Gasteiger partial charge in [0.1, 0.15) is 22.2 Å². The monoisotopic (exact) mass is 543 g/mol. The SMILES string of the molecule is CCOc1ccc([C@H]2c3cccn3-c3sc4c(c3CN2C(=O)Nc2cc(OC)cc(OC)c2)CCCC4)cc1. The van der Waals surface area contributed by atoms with Crippen LogP contribution < -0.4 is 19.5 Å². The van der Waals surface area contributed by atoms with Crippen LogP contribution in [0.1, 0.15) is 53.1 Å². The predicted molar refractivity (Wildman–Crippen MR) is 154 cm³/mol. The number of thiophene rings is 1. The number of fused-ring (bicyclic) bond motifs is 5. The van der Waals surface area contributed by atoms with Crippen LogP contribution >= 0.6 is 11.3 Å². The van der Waals surface area contributed by atoms with Gasteiger partial charge in [0.25, 0.3) is 0 Å². The highest BCUT2D eigenvalue weighted by molar-refractivity contribution is 7.15. The summed E-state index contributed by atoms with van der Waals surface area (Å²) in [7, 11) is 3.21. The van der Waals surface area contributed by atoms with Crippen LogP contribution in [-0.4, -0.2) is 36.3 Å². The summed E-state index contributed by atoms with van der Waals surface area (Å²) < 4.78 is 18.9. The van der Waals surface area contributed by atoms with E-state index in [1.807, 2.05) is 47.4 Å². The van der Waals surface area contributed by atoms with Crippen molar-refractivity contribution in [1.29, 1.82) is 0 Å². The number of urea groups is 1. The number of nitrogens with one attached hydrogen (secondary N) is 1. The molecule has 1 atom stereocenters. The third-order valence-corrected chi connectivity index (χ3v) is 8.88. The van der Waals surface area contributed by atoms with Crippen molar-refractivity contribution >= 4 is 23.1 Å². The Kier molecular flexibility index (Phi) is 6.95. The van der Waals surface area contributed by atoms with Gasteiger partial charge in [0, 0.05) is 40.5 Å². The number of carbonyl (C=O) groups excluding carboxylic acids is 1. The third-order valence-electron chi connectivity index (χ3n) is 7.55. The van der Waals surface area contributed by atoms with Gasteiger partial charge >= 0.3 is 6.03 Å². The topological polar surface area (TPSA) is 65.0 Å². The summed E-state index contributed by atoms with van der Waals surface area (Å²) in [6.07, 6.45) is 6.72. The van der Waals surface area contributed by atoms with E-state index in [2.05, 4.69) is 40.3 Å². The Labute approximate surface area is 232 Å². The maximum absolute atomic E-state index is 14.2. The molecular weight excluding hydrogens is 510 g/mol. The number of rotatable bonds is 6. The number of aromatic nitrogens is 1. The van der Waals surface area contributed by atoms with Gasteiger partial charge < -0.3 is 29.0 Å². The van der Waals surface area contributed by atoms with Crippen molar-refractivity contribution in [3.05, 3.63) is 88.1 Å². The summed E-state index contributed by atoms with van der Waals surface area (Å²) in [6, 6.07) is 17.2. The zero-order valence-corrected chi connectivity index (χ0v) is 23.3. The minimum Gasteiger partial charge on any atom is -0.497 e. The van der Waals surface area contributed by atoms with Gasteiger partial charge in [-0.3, -0.25) is 0 Å². The highest BCUT2D eigenvalue weighted by atomic mass is 32.1. The molecule has 2 aromatic carbocycles. The second kappa shape index (κ2) is 10.7. The Morgan fingerprint density at radius 1 is 0.974 bits per heavy atom. The van der Waals surface area contributed by atoms with Crippen LogP contribution in [0.25, 0.3) is 5.00 Å². The van der Waals surface area contributed by atoms with Crippen LogP contribution in [0.15, 0.2) is 60.8 Å². The summed E-state index contributed by atoms with van der Waals surface area (Å²) in [5.41, 5.74) is 5.40. The molecule has 7 nitrogen and oxygen atoms in total. The molecule has 0 saturated carbocycles. The van der Waals surface area contributed by atoms with Gasteiger partial charge in [-0.2, -0.15) is 0 Å². The molecule has 0 fully saturated rings. The largest absolute Gasteiger partial charge is 0.497 e. The number of carbonyl (C=O) groups is 1.